The molecule has 0 aliphatic carbocycles. The number of aryl methyl sites for hydroxylation is 1. The highest BCUT2D eigenvalue weighted by Gasteiger charge is 2.31. The van der Waals surface area contributed by atoms with Crippen LogP contribution in [-0.2, 0) is 9.59 Å². The average Bonchev–Trinajstić information content (AvgIpc) is 2.82. The van der Waals surface area contributed by atoms with Crippen molar-refractivity contribution in [2.24, 2.45) is 0 Å². The van der Waals surface area contributed by atoms with E-state index in [1.54, 1.807) is 13.0 Å². The van der Waals surface area contributed by atoms with E-state index in [1.807, 2.05) is 0 Å². The number of amides is 2. The summed E-state index contributed by atoms with van der Waals surface area (Å²) in [5.74, 6) is -0.765. The van der Waals surface area contributed by atoms with Crippen LogP contribution in [0.1, 0.15) is 18.2 Å². The second kappa shape index (κ2) is 5.42. The van der Waals surface area contributed by atoms with Gasteiger partial charge in [-0.1, -0.05) is 11.6 Å². The molecular weight excluding hydrogens is 311 g/mol. The lowest BCUT2D eigenvalue weighted by molar-refractivity contribution is -0.125. The van der Waals surface area contributed by atoms with E-state index in [0.29, 0.717) is 17.2 Å². The first-order valence-electron chi connectivity index (χ1n) is 6.56. The summed E-state index contributed by atoms with van der Waals surface area (Å²) >= 11 is 5.68. The molecule has 1 aromatic heterocycles. The predicted molar refractivity (Wildman–Crippen MR) is 79.3 cm³/mol. The highest BCUT2D eigenvalue weighted by molar-refractivity contribution is 6.31. The molecule has 1 aliphatic heterocycles. The number of nitrogens with one attached hydrogen (secondary N) is 2. The second-order valence-electron chi connectivity index (χ2n) is 5.00. The standard InChI is InChI=1S/C14H12ClFN4O2/c1-7-4-12-18-13(21)6-11(20(12)19-7)14(22)17-8-2-3-10(16)9(15)5-8/h2-5,11H,6H2,1H3,(H,17,22)(H,18,21)/t11-/m1/s1. The van der Waals surface area contributed by atoms with Gasteiger partial charge in [0, 0.05) is 11.8 Å². The highest BCUT2D eigenvalue weighted by Crippen LogP contribution is 2.27. The zero-order valence-corrected chi connectivity index (χ0v) is 12.3. The predicted octanol–water partition coefficient (Wildman–Crippen LogP) is 2.51. The van der Waals surface area contributed by atoms with E-state index in [2.05, 4.69) is 15.7 Å². The van der Waals surface area contributed by atoms with Gasteiger partial charge in [-0.15, -0.1) is 0 Å². The number of hydrogen-bond donors (Lipinski definition) is 2. The Labute approximate surface area is 130 Å². The summed E-state index contributed by atoms with van der Waals surface area (Å²) in [4.78, 5) is 24.1. The van der Waals surface area contributed by atoms with E-state index >= 15 is 0 Å². The Balaban J connectivity index is 1.85. The van der Waals surface area contributed by atoms with Crippen LogP contribution >= 0.6 is 11.6 Å². The Hall–Kier alpha value is -2.41. The molecule has 1 atom stereocenters. The van der Waals surface area contributed by atoms with Gasteiger partial charge in [0.1, 0.15) is 17.7 Å². The molecule has 2 N–H and O–H groups in total. The Morgan fingerprint density at radius 1 is 1.50 bits per heavy atom. The third kappa shape index (κ3) is 2.67. The molecule has 0 spiro atoms. The molecule has 114 valence electrons. The molecule has 3 rings (SSSR count). The fourth-order valence-corrected chi connectivity index (χ4v) is 2.49. The van der Waals surface area contributed by atoms with Crippen LogP contribution in [0.5, 0.6) is 0 Å². The SMILES string of the molecule is Cc1cc2n(n1)[C@@H](C(=O)Nc1ccc(F)c(Cl)c1)CC(=O)N2. The summed E-state index contributed by atoms with van der Waals surface area (Å²) in [7, 11) is 0. The quantitative estimate of drug-likeness (QED) is 0.892. The zero-order valence-electron chi connectivity index (χ0n) is 11.6. The van der Waals surface area contributed by atoms with Gasteiger partial charge in [-0.05, 0) is 25.1 Å². The normalized spacial score (nSPS) is 16.9. The van der Waals surface area contributed by atoms with Gasteiger partial charge in [0.25, 0.3) is 0 Å². The fourth-order valence-electron chi connectivity index (χ4n) is 2.31. The van der Waals surface area contributed by atoms with Crippen molar-refractivity contribution in [2.75, 3.05) is 10.6 Å². The molecule has 2 amide bonds. The van der Waals surface area contributed by atoms with Crippen molar-refractivity contribution >= 4 is 34.9 Å². The minimum Gasteiger partial charge on any atom is -0.324 e. The number of carbonyl (C=O) groups is 2. The first kappa shape index (κ1) is 14.5. The molecule has 0 unspecified atom stereocenters. The maximum Gasteiger partial charge on any atom is 0.249 e. The Kier molecular flexibility index (Phi) is 3.58. The number of nitrogens with zero attached hydrogens (tertiary/aromatic N) is 2. The van der Waals surface area contributed by atoms with Crippen molar-refractivity contribution in [3.63, 3.8) is 0 Å². The first-order chi connectivity index (χ1) is 10.4. The third-order valence-corrected chi connectivity index (χ3v) is 3.58. The molecule has 22 heavy (non-hydrogen) atoms. The van der Waals surface area contributed by atoms with E-state index in [4.69, 9.17) is 11.6 Å². The van der Waals surface area contributed by atoms with Crippen molar-refractivity contribution in [1.29, 1.82) is 0 Å². The fraction of sp³-hybridized carbons (Fsp3) is 0.214. The van der Waals surface area contributed by atoms with Gasteiger partial charge < -0.3 is 10.6 Å². The van der Waals surface area contributed by atoms with Gasteiger partial charge in [0.2, 0.25) is 11.8 Å². The topological polar surface area (TPSA) is 76.0 Å². The van der Waals surface area contributed by atoms with Gasteiger partial charge in [-0.2, -0.15) is 5.10 Å². The van der Waals surface area contributed by atoms with Crippen LogP contribution in [0.2, 0.25) is 5.02 Å². The van der Waals surface area contributed by atoms with Gasteiger partial charge in [0.05, 0.1) is 17.1 Å². The van der Waals surface area contributed by atoms with Crippen LogP contribution in [0.4, 0.5) is 15.9 Å². The van der Waals surface area contributed by atoms with Crippen LogP contribution in [0, 0.1) is 12.7 Å². The van der Waals surface area contributed by atoms with Crippen LogP contribution in [-0.4, -0.2) is 21.6 Å². The number of benzene rings is 1. The first-order valence-corrected chi connectivity index (χ1v) is 6.94. The molecule has 0 fully saturated rings. The average molecular weight is 323 g/mol. The van der Waals surface area contributed by atoms with Gasteiger partial charge in [0.15, 0.2) is 0 Å². The van der Waals surface area contributed by atoms with Crippen molar-refractivity contribution in [1.82, 2.24) is 9.78 Å². The van der Waals surface area contributed by atoms with E-state index in [-0.39, 0.29) is 17.4 Å². The Morgan fingerprint density at radius 2 is 2.27 bits per heavy atom. The van der Waals surface area contributed by atoms with E-state index < -0.39 is 17.8 Å². The maximum absolute atomic E-state index is 13.1. The summed E-state index contributed by atoms with van der Waals surface area (Å²) in [6.45, 7) is 1.77. The van der Waals surface area contributed by atoms with Crippen molar-refractivity contribution in [3.05, 3.63) is 40.8 Å². The molecule has 0 saturated carbocycles. The smallest absolute Gasteiger partial charge is 0.249 e. The number of halogens is 2. The Morgan fingerprint density at radius 3 is 3.00 bits per heavy atom. The number of rotatable bonds is 2. The molecule has 2 heterocycles. The van der Waals surface area contributed by atoms with Crippen LogP contribution in [0.25, 0.3) is 0 Å². The van der Waals surface area contributed by atoms with Crippen LogP contribution in [0.3, 0.4) is 0 Å². The summed E-state index contributed by atoms with van der Waals surface area (Å²) in [6.07, 6.45) is -0.0190. The maximum atomic E-state index is 13.1. The van der Waals surface area contributed by atoms with E-state index in [0.717, 1.165) is 6.07 Å². The summed E-state index contributed by atoms with van der Waals surface area (Å²) < 4.78 is 14.6. The second-order valence-corrected chi connectivity index (χ2v) is 5.41. The lowest BCUT2D eigenvalue weighted by Crippen LogP contribution is -2.35. The molecule has 2 aromatic rings. The van der Waals surface area contributed by atoms with Gasteiger partial charge in [-0.3, -0.25) is 9.59 Å². The number of hydrogen-bond acceptors (Lipinski definition) is 3. The van der Waals surface area contributed by atoms with Gasteiger partial charge >= 0.3 is 0 Å². The molecule has 1 aliphatic rings. The van der Waals surface area contributed by atoms with Crippen LogP contribution < -0.4 is 10.6 Å². The number of aromatic nitrogens is 2. The molecule has 6 nitrogen and oxygen atoms in total. The minimum absolute atomic E-state index is 0.0190. The summed E-state index contributed by atoms with van der Waals surface area (Å²) in [5, 5.41) is 9.40. The minimum atomic E-state index is -0.763. The van der Waals surface area contributed by atoms with Gasteiger partial charge in [-0.25, -0.2) is 9.07 Å². The number of carbonyl (C=O) groups excluding carboxylic acids is 2. The summed E-state index contributed by atoms with van der Waals surface area (Å²) in [6, 6.07) is 4.80. The van der Waals surface area contributed by atoms with E-state index in [9.17, 15) is 14.0 Å². The largest absolute Gasteiger partial charge is 0.324 e. The highest BCUT2D eigenvalue weighted by atomic mass is 35.5. The van der Waals surface area contributed by atoms with Crippen LogP contribution in [0.15, 0.2) is 24.3 Å². The summed E-state index contributed by atoms with van der Waals surface area (Å²) in [5.41, 5.74) is 1.05. The third-order valence-electron chi connectivity index (χ3n) is 3.29. The van der Waals surface area contributed by atoms with Crippen molar-refractivity contribution < 1.29 is 14.0 Å². The van der Waals surface area contributed by atoms with E-state index in [1.165, 1.54) is 16.8 Å². The molecule has 0 bridgehead atoms. The van der Waals surface area contributed by atoms with Crippen molar-refractivity contribution in [2.45, 2.75) is 19.4 Å². The van der Waals surface area contributed by atoms with Crippen molar-refractivity contribution in [3.8, 4) is 0 Å². The Bertz CT molecular complexity index is 774. The molecule has 0 saturated heterocycles. The number of anilines is 2. The zero-order chi connectivity index (χ0) is 15.9. The lowest BCUT2D eigenvalue weighted by Gasteiger charge is -2.23. The molecule has 8 heteroatoms. The monoisotopic (exact) mass is 322 g/mol. The molecular formula is C14H12ClFN4O2. The molecule has 0 radical (unpaired) electrons. The number of fused-ring (bicyclic) bond motifs is 1. The molecule has 1 aromatic carbocycles. The lowest BCUT2D eigenvalue weighted by atomic mass is 10.1.